The third kappa shape index (κ3) is 1.59. The molecule has 0 saturated heterocycles. The molecule has 1 aromatic heterocycles. The number of nitrogens with zero attached hydrogens (tertiary/aromatic N) is 1. The predicted molar refractivity (Wildman–Crippen MR) is 51.2 cm³/mol. The van der Waals surface area contributed by atoms with Crippen LogP contribution in [0.25, 0.3) is 11.3 Å². The average Bonchev–Trinajstić information content (AvgIpc) is 2.65. The molecule has 0 fully saturated rings. The molecule has 0 aliphatic carbocycles. The number of hydrogen-bond acceptors (Lipinski definition) is 3. The molecule has 0 atom stereocenters. The van der Waals surface area contributed by atoms with Gasteiger partial charge in [0, 0.05) is 11.6 Å². The lowest BCUT2D eigenvalue weighted by molar-refractivity contribution is 0.435. The van der Waals surface area contributed by atoms with Gasteiger partial charge in [0.2, 0.25) is 0 Å². The number of aromatic nitrogens is 1. The molecule has 2 aromatic rings. The average molecular weight is 192 g/mol. The van der Waals surface area contributed by atoms with Gasteiger partial charge >= 0.3 is 0 Å². The lowest BCUT2D eigenvalue weighted by Gasteiger charge is -1.97. The molecule has 72 valence electrons. The molecule has 4 heteroatoms. The minimum atomic E-state index is -0.489. The van der Waals surface area contributed by atoms with Crippen molar-refractivity contribution in [2.45, 2.75) is 6.67 Å². The minimum Gasteiger partial charge on any atom is -0.381 e. The molecule has 0 unspecified atom stereocenters. The van der Waals surface area contributed by atoms with E-state index in [0.717, 1.165) is 5.56 Å². The number of halogens is 1. The lowest BCUT2D eigenvalue weighted by atomic mass is 10.1. The van der Waals surface area contributed by atoms with Gasteiger partial charge in [-0.15, -0.1) is 0 Å². The monoisotopic (exact) mass is 192 g/mol. The van der Waals surface area contributed by atoms with Gasteiger partial charge < -0.3 is 10.3 Å². The predicted octanol–water partition coefficient (Wildman–Crippen LogP) is 2.39. The number of anilines is 1. The van der Waals surface area contributed by atoms with Crippen molar-refractivity contribution in [1.82, 2.24) is 5.16 Å². The number of benzene rings is 1. The first-order valence-electron chi connectivity index (χ1n) is 4.17. The molecule has 0 aliphatic rings. The second-order valence-corrected chi connectivity index (χ2v) is 2.95. The zero-order chi connectivity index (χ0) is 9.97. The van der Waals surface area contributed by atoms with Crippen molar-refractivity contribution < 1.29 is 8.91 Å². The topological polar surface area (TPSA) is 52.0 Å². The maximum absolute atomic E-state index is 12.4. The third-order valence-electron chi connectivity index (χ3n) is 1.89. The second-order valence-electron chi connectivity index (χ2n) is 2.95. The summed E-state index contributed by atoms with van der Waals surface area (Å²) in [5.41, 5.74) is 6.80. The van der Waals surface area contributed by atoms with E-state index in [0.29, 0.717) is 17.1 Å². The van der Waals surface area contributed by atoms with Crippen LogP contribution in [-0.4, -0.2) is 5.16 Å². The minimum absolute atomic E-state index is 0.325. The van der Waals surface area contributed by atoms with Gasteiger partial charge in [0.15, 0.2) is 11.6 Å². The smallest absolute Gasteiger partial charge is 0.169 e. The van der Waals surface area contributed by atoms with Crippen molar-refractivity contribution >= 4 is 5.82 Å². The van der Waals surface area contributed by atoms with Gasteiger partial charge in [-0.2, -0.15) is 0 Å². The maximum Gasteiger partial charge on any atom is 0.169 e. The second kappa shape index (κ2) is 3.49. The van der Waals surface area contributed by atoms with E-state index in [1.54, 1.807) is 24.3 Å². The zero-order valence-corrected chi connectivity index (χ0v) is 7.40. The highest BCUT2D eigenvalue weighted by molar-refractivity contribution is 5.60. The highest BCUT2D eigenvalue weighted by Gasteiger charge is 2.04. The van der Waals surface area contributed by atoms with Crippen LogP contribution in [0.1, 0.15) is 5.56 Å². The van der Waals surface area contributed by atoms with Crippen molar-refractivity contribution in [2.24, 2.45) is 0 Å². The molecule has 1 aromatic carbocycles. The van der Waals surface area contributed by atoms with Gasteiger partial charge in [0.05, 0.1) is 0 Å². The summed E-state index contributed by atoms with van der Waals surface area (Å²) < 4.78 is 17.3. The molecule has 0 aliphatic heterocycles. The first-order chi connectivity index (χ1) is 6.79. The highest BCUT2D eigenvalue weighted by Crippen LogP contribution is 2.22. The number of alkyl halides is 1. The molecule has 0 radical (unpaired) electrons. The summed E-state index contributed by atoms with van der Waals surface area (Å²) in [5, 5.41) is 3.56. The van der Waals surface area contributed by atoms with Gasteiger partial charge in [0.1, 0.15) is 6.67 Å². The molecule has 2 N–H and O–H groups in total. The van der Waals surface area contributed by atoms with Crippen LogP contribution in [0, 0.1) is 0 Å². The van der Waals surface area contributed by atoms with Gasteiger partial charge in [-0.25, -0.2) is 4.39 Å². The fourth-order valence-corrected chi connectivity index (χ4v) is 1.23. The Balaban J connectivity index is 2.41. The summed E-state index contributed by atoms with van der Waals surface area (Å²) in [6.07, 6.45) is 0. The Bertz CT molecular complexity index is 439. The Hall–Kier alpha value is -1.84. The number of nitrogens with two attached hydrogens (primary N) is 1. The Kier molecular flexibility index (Phi) is 2.18. The zero-order valence-electron chi connectivity index (χ0n) is 7.40. The molecule has 3 nitrogen and oxygen atoms in total. The molecular weight excluding hydrogens is 183 g/mol. The van der Waals surface area contributed by atoms with E-state index in [-0.39, 0.29) is 0 Å². The number of nitrogen functional groups attached to an aromatic ring is 1. The molecule has 0 saturated carbocycles. The van der Waals surface area contributed by atoms with E-state index >= 15 is 0 Å². The molecule has 1 heterocycles. The highest BCUT2D eigenvalue weighted by atomic mass is 19.1. The largest absolute Gasteiger partial charge is 0.381 e. The molecular formula is C10H9FN2O. The Morgan fingerprint density at radius 2 is 2.21 bits per heavy atom. The van der Waals surface area contributed by atoms with Crippen LogP contribution in [-0.2, 0) is 6.67 Å². The normalized spacial score (nSPS) is 10.4. The van der Waals surface area contributed by atoms with E-state index in [2.05, 4.69) is 5.16 Å². The van der Waals surface area contributed by atoms with E-state index in [1.165, 1.54) is 0 Å². The Morgan fingerprint density at radius 3 is 2.86 bits per heavy atom. The Labute approximate surface area is 80.3 Å². The van der Waals surface area contributed by atoms with Gasteiger partial charge in [0.25, 0.3) is 0 Å². The van der Waals surface area contributed by atoms with E-state index in [9.17, 15) is 4.39 Å². The first-order valence-corrected chi connectivity index (χ1v) is 4.17. The molecule has 0 spiro atoms. The lowest BCUT2D eigenvalue weighted by Crippen LogP contribution is -1.81. The van der Waals surface area contributed by atoms with Crippen molar-refractivity contribution in [2.75, 3.05) is 5.73 Å². The van der Waals surface area contributed by atoms with E-state index < -0.39 is 6.67 Å². The van der Waals surface area contributed by atoms with Crippen molar-refractivity contribution in [1.29, 1.82) is 0 Å². The van der Waals surface area contributed by atoms with Crippen molar-refractivity contribution in [3.63, 3.8) is 0 Å². The first kappa shape index (κ1) is 8.74. The van der Waals surface area contributed by atoms with Gasteiger partial charge in [-0.1, -0.05) is 23.4 Å². The number of rotatable bonds is 2. The Morgan fingerprint density at radius 1 is 1.36 bits per heavy atom. The van der Waals surface area contributed by atoms with Crippen molar-refractivity contribution in [3.8, 4) is 11.3 Å². The standard InChI is InChI=1S/C10H9FN2O/c11-6-7-2-1-3-8(4-7)9-5-10(12)13-14-9/h1-5H,6H2,(H2,12,13). The van der Waals surface area contributed by atoms with Crippen LogP contribution >= 0.6 is 0 Å². The fraction of sp³-hybridized carbons (Fsp3) is 0.100. The van der Waals surface area contributed by atoms with Crippen LogP contribution in [0.2, 0.25) is 0 Å². The summed E-state index contributed by atoms with van der Waals surface area (Å²) in [4.78, 5) is 0. The van der Waals surface area contributed by atoms with Gasteiger partial charge in [-0.05, 0) is 11.6 Å². The quantitative estimate of drug-likeness (QED) is 0.794. The fourth-order valence-electron chi connectivity index (χ4n) is 1.23. The summed E-state index contributed by atoms with van der Waals surface area (Å²) in [7, 11) is 0. The summed E-state index contributed by atoms with van der Waals surface area (Å²) in [6.45, 7) is -0.489. The molecule has 0 bridgehead atoms. The third-order valence-corrected chi connectivity index (χ3v) is 1.89. The molecule has 14 heavy (non-hydrogen) atoms. The van der Waals surface area contributed by atoms with Crippen LogP contribution in [0.3, 0.4) is 0 Å². The van der Waals surface area contributed by atoms with Gasteiger partial charge in [-0.3, -0.25) is 0 Å². The van der Waals surface area contributed by atoms with Crippen LogP contribution in [0.15, 0.2) is 34.9 Å². The van der Waals surface area contributed by atoms with Crippen LogP contribution in [0.5, 0.6) is 0 Å². The summed E-state index contributed by atoms with van der Waals surface area (Å²) >= 11 is 0. The van der Waals surface area contributed by atoms with Crippen molar-refractivity contribution in [3.05, 3.63) is 35.9 Å². The van der Waals surface area contributed by atoms with Crippen LogP contribution < -0.4 is 5.73 Å². The van der Waals surface area contributed by atoms with Crippen LogP contribution in [0.4, 0.5) is 10.2 Å². The maximum atomic E-state index is 12.4. The number of hydrogen-bond donors (Lipinski definition) is 1. The van der Waals surface area contributed by atoms with E-state index in [1.807, 2.05) is 6.07 Å². The summed E-state index contributed by atoms with van der Waals surface area (Å²) in [6, 6.07) is 8.61. The van der Waals surface area contributed by atoms with E-state index in [4.69, 9.17) is 10.3 Å². The molecule has 0 amide bonds. The SMILES string of the molecule is Nc1cc(-c2cccc(CF)c2)on1. The molecule has 2 rings (SSSR count). The summed E-state index contributed by atoms with van der Waals surface area (Å²) in [5.74, 6) is 0.878.